The molecule has 0 unspecified atom stereocenters. The third-order valence-corrected chi connectivity index (χ3v) is 6.45. The van der Waals surface area contributed by atoms with Crippen molar-refractivity contribution in [2.24, 2.45) is 0 Å². The van der Waals surface area contributed by atoms with Crippen LogP contribution in [0, 0.1) is 6.92 Å². The highest BCUT2D eigenvalue weighted by atomic mass is 32.2. The highest BCUT2D eigenvalue weighted by Gasteiger charge is 2.21. The number of amides is 1. The van der Waals surface area contributed by atoms with Crippen LogP contribution in [0.1, 0.15) is 16.8 Å². The van der Waals surface area contributed by atoms with Crippen molar-refractivity contribution in [3.8, 4) is 0 Å². The molecule has 0 bridgehead atoms. The van der Waals surface area contributed by atoms with Gasteiger partial charge in [-0.15, -0.1) is 11.3 Å². The van der Waals surface area contributed by atoms with Gasteiger partial charge in [0.05, 0.1) is 12.4 Å². The first-order chi connectivity index (χ1) is 12.2. The maximum Gasteiger partial charge on any atom is 0.233 e. The molecule has 0 radical (unpaired) electrons. The predicted octanol–water partition coefficient (Wildman–Crippen LogP) is 2.38. The van der Waals surface area contributed by atoms with E-state index in [1.54, 1.807) is 11.3 Å². The molecule has 1 fully saturated rings. The normalized spacial score (nSPS) is 15.5. The molecule has 2 aromatic rings. The number of thioether (sulfide) groups is 1. The predicted molar refractivity (Wildman–Crippen MR) is 102 cm³/mol. The summed E-state index contributed by atoms with van der Waals surface area (Å²) in [7, 11) is 0. The fourth-order valence-electron chi connectivity index (χ4n) is 2.88. The van der Waals surface area contributed by atoms with Crippen LogP contribution in [0.15, 0.2) is 34.0 Å². The van der Waals surface area contributed by atoms with Crippen LogP contribution in [0.2, 0.25) is 0 Å². The van der Waals surface area contributed by atoms with Crippen molar-refractivity contribution in [1.82, 2.24) is 14.8 Å². The third-order valence-electron chi connectivity index (χ3n) is 4.32. The number of carbonyl (C=O) groups excluding carboxylic acids is 1. The van der Waals surface area contributed by atoms with Crippen LogP contribution in [0.3, 0.4) is 0 Å². The number of nitrogens with zero attached hydrogens (tertiary/aromatic N) is 3. The van der Waals surface area contributed by atoms with Crippen LogP contribution < -0.4 is 0 Å². The largest absolute Gasteiger partial charge is 0.392 e. The van der Waals surface area contributed by atoms with Crippen molar-refractivity contribution in [2.75, 3.05) is 31.9 Å². The van der Waals surface area contributed by atoms with E-state index >= 15 is 0 Å². The minimum atomic E-state index is 0.0715. The van der Waals surface area contributed by atoms with Crippen LogP contribution >= 0.6 is 23.1 Å². The van der Waals surface area contributed by atoms with Crippen LogP contribution in [0.5, 0.6) is 0 Å². The molecule has 1 amide bonds. The van der Waals surface area contributed by atoms with Crippen molar-refractivity contribution in [3.05, 3.63) is 46.5 Å². The Morgan fingerprint density at radius 1 is 1.24 bits per heavy atom. The van der Waals surface area contributed by atoms with E-state index in [9.17, 15) is 9.90 Å². The van der Waals surface area contributed by atoms with E-state index in [4.69, 9.17) is 0 Å². The van der Waals surface area contributed by atoms with Gasteiger partial charge in [-0.25, -0.2) is 4.98 Å². The first kappa shape index (κ1) is 18.4. The Balaban J connectivity index is 1.45. The number of piperazine rings is 1. The fraction of sp³-hybridized carbons (Fsp3) is 0.444. The Morgan fingerprint density at radius 3 is 2.60 bits per heavy atom. The zero-order valence-corrected chi connectivity index (χ0v) is 16.0. The lowest BCUT2D eigenvalue weighted by Crippen LogP contribution is -2.48. The topological polar surface area (TPSA) is 56.7 Å². The Labute approximate surface area is 156 Å². The second-order valence-electron chi connectivity index (χ2n) is 6.13. The molecule has 2 heterocycles. The molecule has 1 aromatic heterocycles. The van der Waals surface area contributed by atoms with E-state index in [0.29, 0.717) is 5.75 Å². The highest BCUT2D eigenvalue weighted by molar-refractivity contribution is 8.01. The van der Waals surface area contributed by atoms with E-state index < -0.39 is 0 Å². The van der Waals surface area contributed by atoms with E-state index in [-0.39, 0.29) is 12.5 Å². The first-order valence-electron chi connectivity index (χ1n) is 8.38. The number of carbonyl (C=O) groups is 1. The molecule has 3 rings (SSSR count). The summed E-state index contributed by atoms with van der Waals surface area (Å²) in [5, 5.41) is 11.4. The zero-order valence-electron chi connectivity index (χ0n) is 14.4. The number of rotatable bonds is 6. The molecule has 1 saturated heterocycles. The quantitative estimate of drug-likeness (QED) is 0.784. The number of aliphatic hydroxyl groups is 1. The number of hydrogen-bond acceptors (Lipinski definition) is 6. The number of aliphatic hydroxyl groups excluding tert-OH is 1. The van der Waals surface area contributed by atoms with Gasteiger partial charge in [0.25, 0.3) is 0 Å². The Morgan fingerprint density at radius 2 is 1.96 bits per heavy atom. The maximum absolute atomic E-state index is 12.4. The summed E-state index contributed by atoms with van der Waals surface area (Å²) in [6, 6.07) is 7.99. The molecule has 1 aromatic carbocycles. The lowest BCUT2D eigenvalue weighted by molar-refractivity contribution is -0.130. The first-order valence-corrected chi connectivity index (χ1v) is 10.2. The average Bonchev–Trinajstić information content (AvgIpc) is 3.06. The Bertz CT molecular complexity index is 712. The Hall–Kier alpha value is -1.41. The van der Waals surface area contributed by atoms with Gasteiger partial charge in [-0.1, -0.05) is 36.0 Å². The summed E-state index contributed by atoms with van der Waals surface area (Å²) >= 11 is 3.12. The second-order valence-corrected chi connectivity index (χ2v) is 8.21. The van der Waals surface area contributed by atoms with E-state index in [0.717, 1.165) is 48.3 Å². The van der Waals surface area contributed by atoms with Gasteiger partial charge in [0.1, 0.15) is 0 Å². The molecule has 1 aliphatic rings. The smallest absolute Gasteiger partial charge is 0.233 e. The summed E-state index contributed by atoms with van der Waals surface area (Å²) in [6.45, 7) is 6.12. The summed E-state index contributed by atoms with van der Waals surface area (Å²) in [5.41, 5.74) is 3.16. The molecule has 0 aliphatic carbocycles. The van der Waals surface area contributed by atoms with Gasteiger partial charge in [-0.3, -0.25) is 9.69 Å². The van der Waals surface area contributed by atoms with Gasteiger partial charge in [-0.2, -0.15) is 0 Å². The molecular weight excluding hydrogens is 354 g/mol. The van der Waals surface area contributed by atoms with Gasteiger partial charge < -0.3 is 10.0 Å². The highest BCUT2D eigenvalue weighted by Crippen LogP contribution is 2.23. The number of hydrogen-bond donors (Lipinski definition) is 1. The second kappa shape index (κ2) is 8.80. The summed E-state index contributed by atoms with van der Waals surface area (Å²) in [6.07, 6.45) is 0. The van der Waals surface area contributed by atoms with Crippen molar-refractivity contribution >= 4 is 29.0 Å². The van der Waals surface area contributed by atoms with Gasteiger partial charge in [0.15, 0.2) is 4.34 Å². The molecule has 0 spiro atoms. The van der Waals surface area contributed by atoms with Gasteiger partial charge in [0.2, 0.25) is 5.91 Å². The molecule has 0 saturated carbocycles. The molecule has 0 atom stereocenters. The minimum Gasteiger partial charge on any atom is -0.392 e. The van der Waals surface area contributed by atoms with Crippen molar-refractivity contribution in [2.45, 2.75) is 24.4 Å². The number of aryl methyl sites for hydroxylation is 1. The third kappa shape index (κ3) is 5.04. The molecular formula is C18H23N3O2S2. The van der Waals surface area contributed by atoms with Gasteiger partial charge >= 0.3 is 0 Å². The molecule has 134 valence electrons. The molecule has 5 nitrogen and oxygen atoms in total. The monoisotopic (exact) mass is 377 g/mol. The lowest BCUT2D eigenvalue weighted by Gasteiger charge is -2.35. The number of aromatic nitrogens is 1. The van der Waals surface area contributed by atoms with Crippen LogP contribution in [0.25, 0.3) is 0 Å². The van der Waals surface area contributed by atoms with Gasteiger partial charge in [-0.05, 0) is 18.1 Å². The van der Waals surface area contributed by atoms with Crippen LogP contribution in [0.4, 0.5) is 0 Å². The van der Waals surface area contributed by atoms with E-state index in [1.165, 1.54) is 17.3 Å². The lowest BCUT2D eigenvalue weighted by atomic mass is 10.1. The summed E-state index contributed by atoms with van der Waals surface area (Å²) in [5.74, 6) is 0.647. The number of thiazole rings is 1. The van der Waals surface area contributed by atoms with Gasteiger partial charge in [0, 0.05) is 43.8 Å². The van der Waals surface area contributed by atoms with Crippen LogP contribution in [-0.4, -0.2) is 57.7 Å². The molecule has 7 heteroatoms. The molecule has 1 aliphatic heterocycles. The molecule has 25 heavy (non-hydrogen) atoms. The number of benzene rings is 1. The summed E-state index contributed by atoms with van der Waals surface area (Å²) < 4.78 is 0.963. The van der Waals surface area contributed by atoms with Crippen molar-refractivity contribution in [3.63, 3.8) is 0 Å². The summed E-state index contributed by atoms with van der Waals surface area (Å²) in [4.78, 5) is 21.0. The maximum atomic E-state index is 12.4. The van der Waals surface area contributed by atoms with E-state index in [2.05, 4.69) is 16.0 Å². The van der Waals surface area contributed by atoms with Crippen molar-refractivity contribution in [1.29, 1.82) is 0 Å². The Kier molecular flexibility index (Phi) is 6.47. The standard InChI is InChI=1S/C18H23N3O2S2/c1-14-12-24-18(19-14)25-13-17(23)21-8-6-20(7-9-21)10-15-4-2-3-5-16(15)11-22/h2-5,12,22H,6-11,13H2,1H3. The SMILES string of the molecule is Cc1csc(SCC(=O)N2CCN(Cc3ccccc3CO)CC2)n1. The molecule has 1 N–H and O–H groups in total. The van der Waals surface area contributed by atoms with E-state index in [1.807, 2.05) is 35.4 Å². The fourth-order valence-corrected chi connectivity index (χ4v) is 4.63. The zero-order chi connectivity index (χ0) is 17.6. The van der Waals surface area contributed by atoms with Crippen LogP contribution in [-0.2, 0) is 17.9 Å². The average molecular weight is 378 g/mol. The minimum absolute atomic E-state index is 0.0715. The van der Waals surface area contributed by atoms with Crippen molar-refractivity contribution < 1.29 is 9.90 Å².